The van der Waals surface area contributed by atoms with Crippen LogP contribution in [0.1, 0.15) is 42.4 Å². The van der Waals surface area contributed by atoms with Crippen molar-refractivity contribution in [3.05, 3.63) is 99.9 Å². The van der Waals surface area contributed by atoms with Crippen molar-refractivity contribution in [1.82, 2.24) is 0 Å². The topological polar surface area (TPSA) is 94.6 Å². The molecular weight excluding hydrogens is 452 g/mol. The van der Waals surface area contributed by atoms with Gasteiger partial charge in [0.15, 0.2) is 6.61 Å². The smallest absolute Gasteiger partial charge is 0.349 e. The van der Waals surface area contributed by atoms with Crippen LogP contribution in [0.5, 0.6) is 17.2 Å². The van der Waals surface area contributed by atoms with Gasteiger partial charge in [-0.15, -0.1) is 0 Å². The molecule has 3 aromatic carbocycles. The van der Waals surface area contributed by atoms with Crippen LogP contribution in [0, 0.1) is 11.3 Å². The van der Waals surface area contributed by atoms with Crippen molar-refractivity contribution in [3.63, 3.8) is 0 Å². The highest BCUT2D eigenvalue weighted by Crippen LogP contribution is 2.43. The fraction of sp³-hybridized carbons (Fsp3) is 0.185. The number of nitrogens with two attached hydrogens (primary N) is 1. The number of allylic oxidation sites excluding steroid dienone is 1. The maximum atomic E-state index is 12.3. The molecule has 0 amide bonds. The summed E-state index contributed by atoms with van der Waals surface area (Å²) in [6, 6.07) is 22.2. The Morgan fingerprint density at radius 2 is 1.88 bits per heavy atom. The molecule has 0 bridgehead atoms. The first-order valence-corrected chi connectivity index (χ1v) is 11.1. The van der Waals surface area contributed by atoms with Crippen LogP contribution in [0.3, 0.4) is 0 Å². The summed E-state index contributed by atoms with van der Waals surface area (Å²) in [5.74, 6) is 0.522. The molecule has 1 unspecified atom stereocenters. The minimum absolute atomic E-state index is 0.0264. The number of halogens is 1. The maximum Gasteiger partial charge on any atom is 0.349 e. The van der Waals surface area contributed by atoms with E-state index in [0.717, 1.165) is 11.1 Å². The number of esters is 1. The fourth-order valence-corrected chi connectivity index (χ4v) is 3.97. The monoisotopic (exact) mass is 474 g/mol. The zero-order valence-corrected chi connectivity index (χ0v) is 19.5. The second-order valence-corrected chi connectivity index (χ2v) is 8.55. The summed E-state index contributed by atoms with van der Waals surface area (Å²) in [6.07, 6.45) is 0. The van der Waals surface area contributed by atoms with E-state index < -0.39 is 5.97 Å². The van der Waals surface area contributed by atoms with Gasteiger partial charge in [-0.2, -0.15) is 5.26 Å². The third-order valence-electron chi connectivity index (χ3n) is 5.54. The standard InChI is InChI=1S/C27H23ClN2O4/c1-16(2)17-7-9-18(10-8-17)26-20-12-11-19(13-24(20)34-27(30)21(26)14-29)33-25(31)15-32-23-6-4-3-5-22(23)28/h3-13,16,26H,15,30H2,1-2H3. The molecule has 1 aliphatic heterocycles. The zero-order chi connectivity index (χ0) is 24.2. The first kappa shape index (κ1) is 23.2. The van der Waals surface area contributed by atoms with Crippen LogP contribution in [0.2, 0.25) is 5.02 Å². The number of carbonyl (C=O) groups excluding carboxylic acids is 1. The molecule has 34 heavy (non-hydrogen) atoms. The van der Waals surface area contributed by atoms with Crippen LogP contribution in [0.4, 0.5) is 0 Å². The number of benzene rings is 3. The van der Waals surface area contributed by atoms with Gasteiger partial charge >= 0.3 is 5.97 Å². The van der Waals surface area contributed by atoms with E-state index in [0.29, 0.717) is 28.0 Å². The number of fused-ring (bicyclic) bond motifs is 1. The van der Waals surface area contributed by atoms with Gasteiger partial charge in [0.1, 0.15) is 28.9 Å². The number of hydrogen-bond donors (Lipinski definition) is 1. The highest BCUT2D eigenvalue weighted by atomic mass is 35.5. The first-order valence-electron chi connectivity index (χ1n) is 10.8. The summed E-state index contributed by atoms with van der Waals surface area (Å²) < 4.78 is 16.5. The van der Waals surface area contributed by atoms with Crippen LogP contribution in [0.15, 0.2) is 78.2 Å². The molecule has 0 spiro atoms. The number of carbonyl (C=O) groups is 1. The number of para-hydroxylation sites is 1. The van der Waals surface area contributed by atoms with Crippen molar-refractivity contribution in [1.29, 1.82) is 5.26 Å². The van der Waals surface area contributed by atoms with Crippen LogP contribution in [0.25, 0.3) is 0 Å². The first-order chi connectivity index (χ1) is 16.4. The highest BCUT2D eigenvalue weighted by molar-refractivity contribution is 6.32. The lowest BCUT2D eigenvalue weighted by Crippen LogP contribution is -2.21. The van der Waals surface area contributed by atoms with Gasteiger partial charge in [0, 0.05) is 11.6 Å². The van der Waals surface area contributed by atoms with E-state index in [-0.39, 0.29) is 24.2 Å². The van der Waals surface area contributed by atoms with Gasteiger partial charge in [0.25, 0.3) is 0 Å². The minimum Gasteiger partial charge on any atom is -0.480 e. The summed E-state index contributed by atoms with van der Waals surface area (Å²) in [6.45, 7) is 3.94. The van der Waals surface area contributed by atoms with E-state index in [1.54, 1.807) is 42.5 Å². The molecule has 0 aliphatic carbocycles. The number of rotatable bonds is 6. The molecule has 1 heterocycles. The Morgan fingerprint density at radius 1 is 1.15 bits per heavy atom. The molecule has 0 fully saturated rings. The Balaban J connectivity index is 1.55. The Labute approximate surface area is 203 Å². The van der Waals surface area contributed by atoms with Crippen molar-refractivity contribution >= 4 is 17.6 Å². The third kappa shape index (κ3) is 4.85. The lowest BCUT2D eigenvalue weighted by Gasteiger charge is -2.27. The minimum atomic E-state index is -0.599. The van der Waals surface area contributed by atoms with Gasteiger partial charge in [-0.25, -0.2) is 4.79 Å². The van der Waals surface area contributed by atoms with E-state index in [4.69, 9.17) is 31.5 Å². The lowest BCUT2D eigenvalue weighted by molar-refractivity contribution is -0.136. The van der Waals surface area contributed by atoms with Gasteiger partial charge in [0.05, 0.1) is 10.9 Å². The van der Waals surface area contributed by atoms with E-state index in [2.05, 4.69) is 32.0 Å². The van der Waals surface area contributed by atoms with Crippen LogP contribution < -0.4 is 19.9 Å². The average molecular weight is 475 g/mol. The second kappa shape index (κ2) is 9.90. The average Bonchev–Trinajstić information content (AvgIpc) is 2.82. The van der Waals surface area contributed by atoms with Crippen LogP contribution in [-0.4, -0.2) is 12.6 Å². The zero-order valence-electron chi connectivity index (χ0n) is 18.7. The molecule has 1 aliphatic rings. The predicted octanol–water partition coefficient (Wildman–Crippen LogP) is 5.67. The summed E-state index contributed by atoms with van der Waals surface area (Å²) in [7, 11) is 0. The maximum absolute atomic E-state index is 12.3. The molecular formula is C27H23ClN2O4. The number of ether oxygens (including phenoxy) is 3. The SMILES string of the molecule is CC(C)c1ccc(C2C(C#N)=C(N)Oc3cc(OC(=O)COc4ccccc4Cl)ccc32)cc1. The molecule has 6 nitrogen and oxygen atoms in total. The molecule has 172 valence electrons. The Morgan fingerprint density at radius 3 is 2.56 bits per heavy atom. The van der Waals surface area contributed by atoms with Gasteiger partial charge in [-0.3, -0.25) is 0 Å². The van der Waals surface area contributed by atoms with E-state index in [9.17, 15) is 10.1 Å². The van der Waals surface area contributed by atoms with Crippen molar-refractivity contribution < 1.29 is 19.0 Å². The van der Waals surface area contributed by atoms with E-state index in [1.165, 1.54) is 5.56 Å². The van der Waals surface area contributed by atoms with Gasteiger partial charge in [0.2, 0.25) is 5.88 Å². The molecule has 2 N–H and O–H groups in total. The lowest BCUT2D eigenvalue weighted by atomic mass is 9.83. The Bertz CT molecular complexity index is 1290. The number of nitriles is 1. The van der Waals surface area contributed by atoms with Crippen LogP contribution in [-0.2, 0) is 4.79 Å². The summed E-state index contributed by atoms with van der Waals surface area (Å²) in [4.78, 5) is 12.3. The largest absolute Gasteiger partial charge is 0.480 e. The Hall–Kier alpha value is -3.95. The van der Waals surface area contributed by atoms with Crippen LogP contribution >= 0.6 is 11.6 Å². The predicted molar refractivity (Wildman–Crippen MR) is 129 cm³/mol. The van der Waals surface area contributed by atoms with Crippen molar-refractivity contribution in [2.45, 2.75) is 25.7 Å². The molecule has 0 saturated carbocycles. The van der Waals surface area contributed by atoms with Crippen molar-refractivity contribution in [2.75, 3.05) is 6.61 Å². The number of nitrogens with zero attached hydrogens (tertiary/aromatic N) is 1. The molecule has 4 rings (SSSR count). The Kier molecular flexibility index (Phi) is 6.76. The molecule has 0 radical (unpaired) electrons. The highest BCUT2D eigenvalue weighted by Gasteiger charge is 2.31. The van der Waals surface area contributed by atoms with Crippen molar-refractivity contribution in [2.24, 2.45) is 5.73 Å². The van der Waals surface area contributed by atoms with Crippen molar-refractivity contribution in [3.8, 4) is 23.3 Å². The second-order valence-electron chi connectivity index (χ2n) is 8.14. The van der Waals surface area contributed by atoms with E-state index in [1.807, 2.05) is 12.1 Å². The molecule has 0 saturated heterocycles. The normalized spacial score (nSPS) is 14.7. The summed E-state index contributed by atoms with van der Waals surface area (Å²) in [5.41, 5.74) is 9.30. The molecule has 0 aromatic heterocycles. The fourth-order valence-electron chi connectivity index (χ4n) is 3.77. The van der Waals surface area contributed by atoms with Gasteiger partial charge in [-0.05, 0) is 35.2 Å². The van der Waals surface area contributed by atoms with Gasteiger partial charge in [-0.1, -0.05) is 67.9 Å². The summed E-state index contributed by atoms with van der Waals surface area (Å²) >= 11 is 6.04. The third-order valence-corrected chi connectivity index (χ3v) is 5.85. The molecule has 1 atom stereocenters. The quantitative estimate of drug-likeness (QED) is 0.365. The van der Waals surface area contributed by atoms with Gasteiger partial charge < -0.3 is 19.9 Å². The number of hydrogen-bond acceptors (Lipinski definition) is 6. The van der Waals surface area contributed by atoms with E-state index >= 15 is 0 Å². The summed E-state index contributed by atoms with van der Waals surface area (Å²) in [5, 5.41) is 10.2. The molecule has 3 aromatic rings. The molecule has 7 heteroatoms.